The van der Waals surface area contributed by atoms with Crippen molar-refractivity contribution in [2.24, 2.45) is 98.6 Å². The molecule has 0 radical (unpaired) electrons. The maximum Gasteiger partial charge on any atom is 0.00421 e. The molecule has 0 aromatic carbocycles. The van der Waals surface area contributed by atoms with Crippen molar-refractivity contribution in [3.8, 4) is 0 Å². The predicted octanol–water partition coefficient (Wildman–Crippen LogP) is 11.9. The largest absolute Gasteiger partial charge is 0.306 e. The number of hydrogen-bond donors (Lipinski definition) is 0. The molecule has 15 aliphatic rings. The molecular weight excluding hydrogens is 993 g/mol. The van der Waals surface area contributed by atoms with E-state index in [9.17, 15) is 0 Å². The third-order valence-corrected chi connectivity index (χ3v) is 22.8. The minimum Gasteiger partial charge on any atom is -0.306 e. The quantitative estimate of drug-likeness (QED) is 0.234. The Morgan fingerprint density at radius 2 is 0.679 bits per heavy atom. The summed E-state index contributed by atoms with van der Waals surface area (Å²) in [5.74, 6) is 13.4. The Hall–Kier alpha value is -0.400. The fourth-order valence-electron chi connectivity index (χ4n) is 16.6. The summed E-state index contributed by atoms with van der Waals surface area (Å²) in [7, 11) is 22.0. The Labute approximate surface area is 507 Å². The van der Waals surface area contributed by atoms with E-state index in [4.69, 9.17) is 0 Å². The first-order valence-corrected chi connectivity index (χ1v) is 34.5. The van der Waals surface area contributed by atoms with Gasteiger partial charge in [0.25, 0.3) is 0 Å². The second-order valence-corrected chi connectivity index (χ2v) is 34.6. The van der Waals surface area contributed by atoms with E-state index in [0.29, 0.717) is 16.2 Å². The highest BCUT2D eigenvalue weighted by atomic mass is 15.2. The molecule has 4 saturated carbocycles. The van der Waals surface area contributed by atoms with E-state index in [-0.39, 0.29) is 0 Å². The summed E-state index contributed by atoms with van der Waals surface area (Å²) < 4.78 is 0. The maximum atomic E-state index is 2.49. The number of piperidine rings is 6. The third kappa shape index (κ3) is 25.7. The van der Waals surface area contributed by atoms with E-state index in [1.807, 2.05) is 0 Å². The average Bonchev–Trinajstić information content (AvgIpc) is 3.67. The van der Waals surface area contributed by atoms with Crippen molar-refractivity contribution >= 4 is 0 Å². The molecule has 11 aliphatic heterocycles. The number of hydrogen-bond acceptors (Lipinski definition) is 10. The molecule has 9 atom stereocenters. The highest BCUT2D eigenvalue weighted by Crippen LogP contribution is 2.57. The Balaban J connectivity index is 0.000000166. The van der Waals surface area contributed by atoms with Crippen molar-refractivity contribution in [3.05, 3.63) is 0 Å². The predicted molar refractivity (Wildman–Crippen MR) is 355 cm³/mol. The summed E-state index contributed by atoms with van der Waals surface area (Å²) in [6.07, 6.45) is 15.7. The topological polar surface area (TPSA) is 32.4 Å². The molecule has 10 heteroatoms. The SMILES string of the molecule is CC1C2CC1CN(C)C2.CC1C2CN(C)CC12.CC1CC2CN(C)CC2C1.CC1CCN(C)C1.CC1CCN(C)CC1.CC1CN(C)C1.CN1CC(C)(C)C1.CN1CCC(C)(C)C1.CN1CCC(C)(C)CC1.CN1CCC2(C)CC2C1. The van der Waals surface area contributed by atoms with Crippen LogP contribution in [0.15, 0.2) is 0 Å². The highest BCUT2D eigenvalue weighted by Gasteiger charge is 2.52. The molecule has 2 bridgehead atoms. The fraction of sp³-hybridized carbons (Fsp3) is 1.00. The standard InChI is InChI=1S/C9H17N.2C8H15N.C8H17N.C7H13N.2C7H15N.2C6H13N.C5H11N/c1-7-3-8-5-10(2)6-9(8)4-7;1-6-7-3-8(6)5-9(2)4-7;1-8-3-4-9(2)6-7(8)5-8;1-8(2)4-6-9(3)7-5-8;1-5-6-3-8(2)4-7(5)6;1-7(2)4-5-8(3)6-7;1-7-3-5-8(2)6-4-7;1-6(2)4-7(3)5-6;1-6-3-4-7(2)5-6;1-5-3-6(2)4-5/h7-9H,3-6H2,1-2H3;6-8H,3-5H2,1-2H3;7H,3-6H2,1-2H3;4-7H2,1-3H3;5-7H,3-4H2,1-2H3;4-6H2,1-3H3;7H,3-6H2,1-2H3;4-5H2,1-3H3;6H,3-5H2,1-2H3;5H,3-4H2,1-2H3. The van der Waals surface area contributed by atoms with Crippen molar-refractivity contribution in [1.29, 1.82) is 0 Å². The number of fused-ring (bicyclic) bond motifs is 5. The lowest BCUT2D eigenvalue weighted by Gasteiger charge is -2.51. The third-order valence-electron chi connectivity index (χ3n) is 22.8. The van der Waals surface area contributed by atoms with E-state index in [0.717, 1.165) is 82.3 Å². The molecule has 0 aromatic heterocycles. The molecule has 0 N–H and O–H groups in total. The first-order chi connectivity index (χ1) is 37.7. The van der Waals surface area contributed by atoms with Crippen LogP contribution in [0.4, 0.5) is 0 Å². The maximum absolute atomic E-state index is 2.49. The minimum absolute atomic E-state index is 0.592. The first-order valence-electron chi connectivity index (χ1n) is 34.5. The van der Waals surface area contributed by atoms with Crippen LogP contribution in [-0.2, 0) is 0 Å². The number of nitrogens with zero attached hydrogens (tertiary/aromatic N) is 10. The molecule has 0 spiro atoms. The summed E-state index contributed by atoms with van der Waals surface area (Å²) >= 11 is 0. The van der Waals surface area contributed by atoms with Gasteiger partial charge in [0.1, 0.15) is 0 Å². The van der Waals surface area contributed by atoms with Gasteiger partial charge < -0.3 is 49.0 Å². The Bertz CT molecular complexity index is 1630. The van der Waals surface area contributed by atoms with Crippen molar-refractivity contribution in [1.82, 2.24) is 49.0 Å². The van der Waals surface area contributed by atoms with Gasteiger partial charge in [-0.2, -0.15) is 0 Å². The van der Waals surface area contributed by atoms with E-state index in [2.05, 4.69) is 209 Å². The molecule has 11 saturated heterocycles. The lowest BCUT2D eigenvalue weighted by Crippen LogP contribution is -2.52. The molecule has 10 nitrogen and oxygen atoms in total. The van der Waals surface area contributed by atoms with Gasteiger partial charge >= 0.3 is 0 Å². The van der Waals surface area contributed by atoms with E-state index in [1.54, 1.807) is 0 Å². The van der Waals surface area contributed by atoms with Crippen LogP contribution in [0.1, 0.15) is 161 Å². The van der Waals surface area contributed by atoms with Crippen LogP contribution in [-0.4, -0.2) is 250 Å². The monoisotopic (exact) mass is 1140 g/mol. The smallest absolute Gasteiger partial charge is 0.00421 e. The van der Waals surface area contributed by atoms with Crippen molar-refractivity contribution in [3.63, 3.8) is 0 Å². The molecule has 4 aliphatic carbocycles. The minimum atomic E-state index is 0.592. The lowest BCUT2D eigenvalue weighted by molar-refractivity contribution is -0.0212. The van der Waals surface area contributed by atoms with Crippen LogP contribution in [0.3, 0.4) is 0 Å². The molecule has 11 heterocycles. The number of rotatable bonds is 0. The summed E-state index contributed by atoms with van der Waals surface area (Å²) in [6.45, 7) is 56.9. The zero-order valence-corrected chi connectivity index (χ0v) is 58.9. The zero-order valence-electron chi connectivity index (χ0n) is 58.9. The van der Waals surface area contributed by atoms with E-state index in [1.165, 1.54) is 202 Å². The lowest BCUT2D eigenvalue weighted by atomic mass is 9.63. The van der Waals surface area contributed by atoms with Crippen LogP contribution >= 0.6 is 0 Å². The van der Waals surface area contributed by atoms with Crippen molar-refractivity contribution < 1.29 is 0 Å². The summed E-state index contributed by atoms with van der Waals surface area (Å²) in [4.78, 5) is 24.1. The van der Waals surface area contributed by atoms with Crippen LogP contribution < -0.4 is 0 Å². The second kappa shape index (κ2) is 32.2. The molecule has 15 fully saturated rings. The first kappa shape index (κ1) is 71.4. The van der Waals surface area contributed by atoms with Crippen molar-refractivity contribution in [2.45, 2.75) is 161 Å². The molecular formula is C71H144N10. The Morgan fingerprint density at radius 1 is 0.284 bits per heavy atom. The fourth-order valence-corrected chi connectivity index (χ4v) is 16.6. The van der Waals surface area contributed by atoms with Gasteiger partial charge in [-0.3, -0.25) is 0 Å². The van der Waals surface area contributed by atoms with Crippen LogP contribution in [0.25, 0.3) is 0 Å². The van der Waals surface area contributed by atoms with Gasteiger partial charge in [0.15, 0.2) is 0 Å². The molecule has 9 unspecified atom stereocenters. The summed E-state index contributed by atoms with van der Waals surface area (Å²) in [5, 5.41) is 0. The average molecular weight is 1140 g/mol. The molecule has 478 valence electrons. The second-order valence-electron chi connectivity index (χ2n) is 34.6. The van der Waals surface area contributed by atoms with Crippen LogP contribution in [0, 0.1) is 98.6 Å². The van der Waals surface area contributed by atoms with Crippen molar-refractivity contribution in [2.75, 3.05) is 201 Å². The molecule has 0 aromatic rings. The van der Waals surface area contributed by atoms with Gasteiger partial charge in [0.2, 0.25) is 0 Å². The van der Waals surface area contributed by atoms with Gasteiger partial charge in [-0.05, 0) is 286 Å². The van der Waals surface area contributed by atoms with E-state index >= 15 is 0 Å². The van der Waals surface area contributed by atoms with Gasteiger partial charge in [0, 0.05) is 85.1 Å². The van der Waals surface area contributed by atoms with Gasteiger partial charge in [-0.15, -0.1) is 0 Å². The van der Waals surface area contributed by atoms with Gasteiger partial charge in [0.05, 0.1) is 0 Å². The van der Waals surface area contributed by atoms with Gasteiger partial charge in [-0.25, -0.2) is 0 Å². The molecule has 81 heavy (non-hydrogen) atoms. The van der Waals surface area contributed by atoms with Crippen LogP contribution in [0.5, 0.6) is 0 Å². The zero-order chi connectivity index (χ0) is 60.2. The highest BCUT2D eigenvalue weighted by molar-refractivity contribution is 5.03. The Morgan fingerprint density at radius 3 is 0.963 bits per heavy atom. The molecule has 0 amide bonds. The Kier molecular flexibility index (Phi) is 28.4. The summed E-state index contributed by atoms with van der Waals surface area (Å²) in [6, 6.07) is 0. The number of likely N-dealkylation sites (tertiary alicyclic amines) is 9. The summed E-state index contributed by atoms with van der Waals surface area (Å²) in [5.41, 5.74) is 2.61. The van der Waals surface area contributed by atoms with Gasteiger partial charge in [-0.1, -0.05) is 90.0 Å². The van der Waals surface area contributed by atoms with E-state index < -0.39 is 0 Å². The normalized spacial score (nSPS) is 38.6. The molecule has 15 rings (SSSR count). The van der Waals surface area contributed by atoms with Crippen LogP contribution in [0.2, 0.25) is 0 Å².